The summed E-state index contributed by atoms with van der Waals surface area (Å²) in [6, 6.07) is 12.6. The molecule has 2 heterocycles. The van der Waals surface area contributed by atoms with E-state index in [-0.39, 0.29) is 30.6 Å². The number of rotatable bonds is 8. The van der Waals surface area contributed by atoms with Crippen LogP contribution < -0.4 is 22.1 Å². The van der Waals surface area contributed by atoms with Gasteiger partial charge >= 0.3 is 24.3 Å². The van der Waals surface area contributed by atoms with Crippen molar-refractivity contribution in [3.63, 3.8) is 0 Å². The van der Waals surface area contributed by atoms with E-state index in [0.29, 0.717) is 28.6 Å². The standard InChI is InChI=1S/C22H26N8O2.2C2HF3O2/c1-29-13-16(11-17(29)21(31)26-9-8-19(23)24)28-22(32)18-10-15(12-30(18)2)27-20(25)14-6-4-3-5-7-14;2*3-2(4,5)1(6)7/h3-7,10-13H,8-9H2,1-2H3,(H3,23,24)(H2,25,27)(H,26,31)(H,28,32);2*(H,6,7). The van der Waals surface area contributed by atoms with Crippen LogP contribution in [0.15, 0.2) is 59.9 Å². The second-order valence-electron chi connectivity index (χ2n) is 8.87. The van der Waals surface area contributed by atoms with Gasteiger partial charge < -0.3 is 41.4 Å². The van der Waals surface area contributed by atoms with E-state index in [1.165, 1.54) is 0 Å². The highest BCUT2D eigenvalue weighted by molar-refractivity contribution is 6.05. The minimum atomic E-state index is -5.08. The Labute approximate surface area is 255 Å². The SMILES string of the molecule is Cn1cc(NC(=O)c2cc(N=C(N)c3ccccc3)cn2C)cc1C(=O)NCCC(=N)N.O=C(O)C(F)(F)F.O=C(O)C(F)(F)F. The summed E-state index contributed by atoms with van der Waals surface area (Å²) in [7, 11) is 3.45. The molecule has 9 N–H and O–H groups in total. The predicted molar refractivity (Wildman–Crippen MR) is 152 cm³/mol. The number of amidine groups is 2. The van der Waals surface area contributed by atoms with Gasteiger partial charge in [0.1, 0.15) is 17.2 Å². The number of anilines is 1. The topological polar surface area (TPSA) is 231 Å². The molecule has 0 saturated heterocycles. The van der Waals surface area contributed by atoms with E-state index in [1.807, 2.05) is 30.3 Å². The van der Waals surface area contributed by atoms with Gasteiger partial charge in [-0.05, 0) is 12.1 Å². The Balaban J connectivity index is 0.000000629. The van der Waals surface area contributed by atoms with Crippen molar-refractivity contribution >= 4 is 46.8 Å². The molecular weight excluding hydrogens is 634 g/mol. The van der Waals surface area contributed by atoms with Crippen molar-refractivity contribution in [3.05, 3.63) is 71.8 Å². The Bertz CT molecular complexity index is 1560. The molecule has 0 aliphatic heterocycles. The number of aliphatic carboxylic acids is 2. The fourth-order valence-electron chi connectivity index (χ4n) is 3.10. The summed E-state index contributed by atoms with van der Waals surface area (Å²) in [4.78, 5) is 47.3. The van der Waals surface area contributed by atoms with E-state index in [1.54, 1.807) is 47.8 Å². The number of amides is 2. The molecular formula is C26H28F6N8O6. The summed E-state index contributed by atoms with van der Waals surface area (Å²) in [5.74, 6) is -5.82. The average Bonchev–Trinajstić information content (AvgIpc) is 3.49. The number of nitrogens with zero attached hydrogens (tertiary/aromatic N) is 3. The Kier molecular flexibility index (Phi) is 13.5. The third-order valence-electron chi connectivity index (χ3n) is 5.20. The van der Waals surface area contributed by atoms with E-state index >= 15 is 0 Å². The van der Waals surface area contributed by atoms with Gasteiger partial charge in [-0.3, -0.25) is 15.0 Å². The number of carboxylic acid groups (broad SMARTS) is 2. The summed E-state index contributed by atoms with van der Waals surface area (Å²) >= 11 is 0. The monoisotopic (exact) mass is 662 g/mol. The van der Waals surface area contributed by atoms with Crippen molar-refractivity contribution in [1.82, 2.24) is 14.5 Å². The van der Waals surface area contributed by atoms with Crippen molar-refractivity contribution in [2.24, 2.45) is 30.6 Å². The predicted octanol–water partition coefficient (Wildman–Crippen LogP) is 2.98. The number of benzene rings is 1. The highest BCUT2D eigenvalue weighted by atomic mass is 19.4. The molecule has 0 fully saturated rings. The fourth-order valence-corrected chi connectivity index (χ4v) is 3.10. The maximum absolute atomic E-state index is 12.8. The Morgan fingerprint density at radius 3 is 1.80 bits per heavy atom. The summed E-state index contributed by atoms with van der Waals surface area (Å²) in [6.07, 6.45) is -6.54. The minimum absolute atomic E-state index is 0.00179. The van der Waals surface area contributed by atoms with Gasteiger partial charge in [-0.25, -0.2) is 14.6 Å². The number of carboxylic acids is 2. The maximum atomic E-state index is 12.8. The molecule has 1 aromatic carbocycles. The number of nitrogens with two attached hydrogens (primary N) is 2. The molecule has 0 atom stereocenters. The largest absolute Gasteiger partial charge is 0.490 e. The van der Waals surface area contributed by atoms with E-state index in [0.717, 1.165) is 5.56 Å². The molecule has 0 aliphatic rings. The first-order valence-corrected chi connectivity index (χ1v) is 12.4. The van der Waals surface area contributed by atoms with Crippen molar-refractivity contribution in [1.29, 1.82) is 5.41 Å². The molecule has 20 heteroatoms. The highest BCUT2D eigenvalue weighted by Crippen LogP contribution is 2.20. The average molecular weight is 663 g/mol. The maximum Gasteiger partial charge on any atom is 0.490 e. The van der Waals surface area contributed by atoms with E-state index < -0.39 is 24.3 Å². The molecule has 14 nitrogen and oxygen atoms in total. The fraction of sp³-hybridized carbons (Fsp3) is 0.231. The van der Waals surface area contributed by atoms with Crippen molar-refractivity contribution in [2.75, 3.05) is 11.9 Å². The van der Waals surface area contributed by atoms with Crippen LogP contribution in [0.25, 0.3) is 0 Å². The number of carbonyl (C=O) groups is 4. The van der Waals surface area contributed by atoms with Gasteiger partial charge in [0.2, 0.25) is 0 Å². The van der Waals surface area contributed by atoms with Crippen molar-refractivity contribution in [2.45, 2.75) is 18.8 Å². The molecule has 3 aromatic rings. The normalized spacial score (nSPS) is 11.3. The first-order chi connectivity index (χ1) is 21.1. The summed E-state index contributed by atoms with van der Waals surface area (Å²) < 4.78 is 66.7. The summed E-state index contributed by atoms with van der Waals surface area (Å²) in [5.41, 5.74) is 13.9. The third-order valence-corrected chi connectivity index (χ3v) is 5.20. The van der Waals surface area contributed by atoms with Gasteiger partial charge in [-0.1, -0.05) is 30.3 Å². The number of aromatic nitrogens is 2. The van der Waals surface area contributed by atoms with Crippen LogP contribution >= 0.6 is 0 Å². The number of carbonyl (C=O) groups excluding carboxylic acids is 2. The van der Waals surface area contributed by atoms with Crippen molar-refractivity contribution < 1.29 is 55.7 Å². The van der Waals surface area contributed by atoms with Gasteiger partial charge in [-0.15, -0.1) is 0 Å². The Morgan fingerprint density at radius 1 is 0.848 bits per heavy atom. The smallest absolute Gasteiger partial charge is 0.475 e. The molecule has 0 saturated carbocycles. The highest BCUT2D eigenvalue weighted by Gasteiger charge is 2.38. The minimum Gasteiger partial charge on any atom is -0.475 e. The molecule has 2 amide bonds. The zero-order valence-corrected chi connectivity index (χ0v) is 23.9. The number of hydrogen-bond acceptors (Lipinski definition) is 6. The summed E-state index contributed by atoms with van der Waals surface area (Å²) in [6.45, 7) is 0.264. The zero-order chi connectivity index (χ0) is 35.4. The molecule has 46 heavy (non-hydrogen) atoms. The molecule has 0 unspecified atom stereocenters. The van der Waals surface area contributed by atoms with Gasteiger partial charge in [0.25, 0.3) is 11.8 Å². The lowest BCUT2D eigenvalue weighted by molar-refractivity contribution is -0.193. The lowest BCUT2D eigenvalue weighted by Crippen LogP contribution is -2.28. The molecule has 3 rings (SSSR count). The lowest BCUT2D eigenvalue weighted by atomic mass is 10.2. The second-order valence-corrected chi connectivity index (χ2v) is 8.87. The molecule has 0 spiro atoms. The number of hydrogen-bond donors (Lipinski definition) is 7. The number of aliphatic imine (C=N–C) groups is 1. The molecule has 250 valence electrons. The Hall–Kier alpha value is -5.82. The van der Waals surface area contributed by atoms with Crippen LogP contribution in [-0.2, 0) is 23.7 Å². The lowest BCUT2D eigenvalue weighted by Gasteiger charge is -2.04. The van der Waals surface area contributed by atoms with Crippen LogP contribution in [0.5, 0.6) is 0 Å². The van der Waals surface area contributed by atoms with Crippen LogP contribution in [0.1, 0.15) is 33.0 Å². The van der Waals surface area contributed by atoms with E-state index in [9.17, 15) is 35.9 Å². The van der Waals surface area contributed by atoms with Gasteiger partial charge in [0.15, 0.2) is 0 Å². The van der Waals surface area contributed by atoms with Gasteiger partial charge in [-0.2, -0.15) is 26.3 Å². The number of nitrogens with one attached hydrogen (secondary N) is 3. The van der Waals surface area contributed by atoms with Crippen LogP contribution in [0.3, 0.4) is 0 Å². The second kappa shape index (κ2) is 16.3. The number of aryl methyl sites for hydroxylation is 2. The van der Waals surface area contributed by atoms with Crippen LogP contribution in [0.2, 0.25) is 0 Å². The third kappa shape index (κ3) is 12.8. The quantitative estimate of drug-likeness (QED) is 0.107. The molecule has 0 aliphatic carbocycles. The van der Waals surface area contributed by atoms with Crippen LogP contribution in [0.4, 0.5) is 37.7 Å². The summed E-state index contributed by atoms with van der Waals surface area (Å²) in [5, 5.41) is 26.9. The van der Waals surface area contributed by atoms with Crippen LogP contribution in [-0.4, -0.2) is 73.7 Å². The zero-order valence-electron chi connectivity index (χ0n) is 23.9. The van der Waals surface area contributed by atoms with Gasteiger partial charge in [0, 0.05) is 45.0 Å². The molecule has 0 radical (unpaired) electrons. The number of halogens is 6. The first kappa shape index (κ1) is 38.2. The number of alkyl halides is 6. The first-order valence-electron chi connectivity index (χ1n) is 12.4. The van der Waals surface area contributed by atoms with E-state index in [4.69, 9.17) is 36.7 Å². The molecule has 2 aromatic heterocycles. The van der Waals surface area contributed by atoms with Crippen LogP contribution in [0, 0.1) is 5.41 Å². The van der Waals surface area contributed by atoms with Crippen molar-refractivity contribution in [3.8, 4) is 0 Å². The van der Waals surface area contributed by atoms with E-state index in [2.05, 4.69) is 15.6 Å². The Morgan fingerprint density at radius 2 is 1.33 bits per heavy atom. The van der Waals surface area contributed by atoms with Gasteiger partial charge in [0.05, 0.1) is 17.2 Å². The molecule has 0 bridgehead atoms.